The summed E-state index contributed by atoms with van der Waals surface area (Å²) in [6.07, 6.45) is 1.44. The quantitative estimate of drug-likeness (QED) is 0.546. The van der Waals surface area contributed by atoms with Crippen LogP contribution < -0.4 is 25.2 Å². The van der Waals surface area contributed by atoms with Gasteiger partial charge in [0.2, 0.25) is 0 Å². The summed E-state index contributed by atoms with van der Waals surface area (Å²) in [6, 6.07) is 2.41. The Labute approximate surface area is 133 Å². The minimum Gasteiger partial charge on any atom is -0.546 e. The SMILES string of the molecule is COc1cc(/C=C2/NC(=O)NC2=O)c(Br)cc1OCC(=O)[O-]. The van der Waals surface area contributed by atoms with Gasteiger partial charge in [-0.05, 0) is 23.8 Å². The molecule has 1 saturated heterocycles. The number of nitrogens with one attached hydrogen (secondary N) is 2. The van der Waals surface area contributed by atoms with Gasteiger partial charge in [-0.15, -0.1) is 0 Å². The number of imide groups is 1. The van der Waals surface area contributed by atoms with Gasteiger partial charge in [0, 0.05) is 4.47 Å². The number of hydrogen-bond acceptors (Lipinski definition) is 6. The number of amides is 3. The second kappa shape index (κ2) is 6.48. The predicted octanol–water partition coefficient (Wildman–Crippen LogP) is -0.233. The fraction of sp³-hybridized carbons (Fsp3) is 0.154. The maximum Gasteiger partial charge on any atom is 0.326 e. The molecular formula is C13H10BrN2O6-. The Morgan fingerprint density at radius 1 is 1.32 bits per heavy atom. The monoisotopic (exact) mass is 369 g/mol. The van der Waals surface area contributed by atoms with Crippen molar-refractivity contribution in [2.45, 2.75) is 0 Å². The van der Waals surface area contributed by atoms with Crippen molar-refractivity contribution < 1.29 is 29.0 Å². The molecule has 0 aromatic heterocycles. The number of benzene rings is 1. The summed E-state index contributed by atoms with van der Waals surface area (Å²) in [7, 11) is 1.39. The number of carbonyl (C=O) groups excluding carboxylic acids is 3. The van der Waals surface area contributed by atoms with E-state index in [1.165, 1.54) is 25.3 Å². The molecule has 0 radical (unpaired) electrons. The summed E-state index contributed by atoms with van der Waals surface area (Å²) in [5, 5.41) is 14.9. The molecule has 2 rings (SSSR count). The molecule has 0 bridgehead atoms. The maximum atomic E-state index is 11.5. The molecule has 1 aromatic carbocycles. The number of methoxy groups -OCH3 is 1. The van der Waals surface area contributed by atoms with Crippen LogP contribution in [0.2, 0.25) is 0 Å². The number of ether oxygens (including phenoxy) is 2. The van der Waals surface area contributed by atoms with Gasteiger partial charge in [0.05, 0.1) is 13.1 Å². The van der Waals surface area contributed by atoms with Crippen LogP contribution in [-0.4, -0.2) is 31.6 Å². The van der Waals surface area contributed by atoms with Gasteiger partial charge in [0.1, 0.15) is 12.3 Å². The lowest BCUT2D eigenvalue weighted by Crippen LogP contribution is -2.29. The zero-order chi connectivity index (χ0) is 16.3. The van der Waals surface area contributed by atoms with Crippen molar-refractivity contribution in [3.63, 3.8) is 0 Å². The molecule has 1 aliphatic heterocycles. The minimum atomic E-state index is -1.37. The highest BCUT2D eigenvalue weighted by Crippen LogP contribution is 2.34. The number of carboxylic acids is 1. The predicted molar refractivity (Wildman–Crippen MR) is 75.8 cm³/mol. The molecule has 8 nitrogen and oxygen atoms in total. The van der Waals surface area contributed by atoms with E-state index in [-0.39, 0.29) is 17.2 Å². The van der Waals surface area contributed by atoms with E-state index in [9.17, 15) is 19.5 Å². The normalized spacial score (nSPS) is 15.5. The van der Waals surface area contributed by atoms with Gasteiger partial charge in [0.15, 0.2) is 11.5 Å². The molecule has 0 aliphatic carbocycles. The average molecular weight is 370 g/mol. The first-order chi connectivity index (χ1) is 10.4. The molecule has 9 heteroatoms. The van der Waals surface area contributed by atoms with E-state index in [1.807, 2.05) is 0 Å². The van der Waals surface area contributed by atoms with Crippen molar-refractivity contribution in [2.24, 2.45) is 0 Å². The Morgan fingerprint density at radius 2 is 2.05 bits per heavy atom. The van der Waals surface area contributed by atoms with E-state index in [2.05, 4.69) is 26.6 Å². The van der Waals surface area contributed by atoms with Crippen LogP contribution in [0.25, 0.3) is 6.08 Å². The number of hydrogen-bond donors (Lipinski definition) is 2. The molecule has 0 spiro atoms. The molecule has 1 fully saturated rings. The lowest BCUT2D eigenvalue weighted by molar-refractivity contribution is -0.307. The van der Waals surface area contributed by atoms with Crippen molar-refractivity contribution in [3.05, 3.63) is 27.9 Å². The highest BCUT2D eigenvalue weighted by atomic mass is 79.9. The maximum absolute atomic E-state index is 11.5. The summed E-state index contributed by atoms with van der Waals surface area (Å²) < 4.78 is 10.7. The number of carbonyl (C=O) groups is 3. The first kappa shape index (κ1) is 15.8. The topological polar surface area (TPSA) is 117 Å². The third-order valence-electron chi connectivity index (χ3n) is 2.65. The molecule has 116 valence electrons. The Balaban J connectivity index is 2.34. The zero-order valence-corrected chi connectivity index (χ0v) is 12.9. The lowest BCUT2D eigenvalue weighted by Gasteiger charge is -2.13. The summed E-state index contributed by atoms with van der Waals surface area (Å²) in [4.78, 5) is 33.0. The number of carboxylic acid groups (broad SMARTS) is 1. The van der Waals surface area contributed by atoms with Crippen LogP contribution in [0.15, 0.2) is 22.3 Å². The number of rotatable bonds is 5. The minimum absolute atomic E-state index is 0.0798. The Morgan fingerprint density at radius 3 is 2.59 bits per heavy atom. The van der Waals surface area contributed by atoms with Gasteiger partial charge in [-0.1, -0.05) is 15.9 Å². The third-order valence-corrected chi connectivity index (χ3v) is 3.33. The largest absolute Gasteiger partial charge is 0.546 e. The summed E-state index contributed by atoms with van der Waals surface area (Å²) >= 11 is 3.27. The van der Waals surface area contributed by atoms with Crippen molar-refractivity contribution in [3.8, 4) is 11.5 Å². The molecule has 0 unspecified atom stereocenters. The summed E-state index contributed by atoms with van der Waals surface area (Å²) in [5.74, 6) is -1.45. The Kier molecular flexibility index (Phi) is 4.66. The molecule has 1 heterocycles. The molecule has 2 N–H and O–H groups in total. The molecule has 0 atom stereocenters. The molecule has 0 saturated carbocycles. The summed E-state index contributed by atoms with van der Waals surface area (Å²) in [5.41, 5.74) is 0.612. The summed E-state index contributed by atoms with van der Waals surface area (Å²) in [6.45, 7) is -0.623. The van der Waals surface area contributed by atoms with Crippen LogP contribution in [0.3, 0.4) is 0 Å². The smallest absolute Gasteiger partial charge is 0.326 e. The van der Waals surface area contributed by atoms with Crippen LogP contribution in [0.4, 0.5) is 4.79 Å². The van der Waals surface area contributed by atoms with Crippen LogP contribution in [0, 0.1) is 0 Å². The number of halogens is 1. The standard InChI is InChI=1S/C13H11BrN2O6/c1-21-9-3-6(2-8-12(19)16-13(20)15-8)7(14)4-10(9)22-5-11(17)18/h2-4H,5H2,1H3,(H,17,18)(H2,15,16,19,20)/p-1/b8-2+. The van der Waals surface area contributed by atoms with Crippen molar-refractivity contribution in [1.82, 2.24) is 10.6 Å². The van der Waals surface area contributed by atoms with E-state index >= 15 is 0 Å². The van der Waals surface area contributed by atoms with Crippen LogP contribution >= 0.6 is 15.9 Å². The third kappa shape index (κ3) is 3.55. The van der Waals surface area contributed by atoms with Crippen LogP contribution in [0.1, 0.15) is 5.56 Å². The van der Waals surface area contributed by atoms with Crippen molar-refractivity contribution >= 4 is 39.9 Å². The highest BCUT2D eigenvalue weighted by Gasteiger charge is 2.23. The number of urea groups is 1. The van der Waals surface area contributed by atoms with E-state index in [4.69, 9.17) is 9.47 Å². The fourth-order valence-corrected chi connectivity index (χ4v) is 2.15. The van der Waals surface area contributed by atoms with Gasteiger partial charge in [-0.3, -0.25) is 10.1 Å². The molecule has 3 amide bonds. The molecular weight excluding hydrogens is 360 g/mol. The second-order valence-corrected chi connectivity index (χ2v) is 5.01. The molecule has 1 aromatic rings. The fourth-order valence-electron chi connectivity index (χ4n) is 1.71. The second-order valence-electron chi connectivity index (χ2n) is 4.15. The molecule has 22 heavy (non-hydrogen) atoms. The van der Waals surface area contributed by atoms with Gasteiger partial charge >= 0.3 is 6.03 Å². The highest BCUT2D eigenvalue weighted by molar-refractivity contribution is 9.10. The van der Waals surface area contributed by atoms with Gasteiger partial charge < -0.3 is 24.7 Å². The van der Waals surface area contributed by atoms with E-state index < -0.39 is 24.5 Å². The van der Waals surface area contributed by atoms with Crippen molar-refractivity contribution in [1.29, 1.82) is 0 Å². The lowest BCUT2D eigenvalue weighted by atomic mass is 10.1. The molecule has 1 aliphatic rings. The van der Waals surface area contributed by atoms with Crippen molar-refractivity contribution in [2.75, 3.05) is 13.7 Å². The Hall–Kier alpha value is -2.55. The first-order valence-corrected chi connectivity index (χ1v) is 6.74. The zero-order valence-electron chi connectivity index (χ0n) is 11.3. The van der Waals surface area contributed by atoms with Gasteiger partial charge in [0.25, 0.3) is 5.91 Å². The van der Waals surface area contributed by atoms with Gasteiger partial charge in [-0.2, -0.15) is 0 Å². The number of aliphatic carboxylic acids is 1. The first-order valence-electron chi connectivity index (χ1n) is 5.95. The van der Waals surface area contributed by atoms with Gasteiger partial charge in [-0.25, -0.2) is 4.79 Å². The van der Waals surface area contributed by atoms with Crippen LogP contribution in [-0.2, 0) is 9.59 Å². The van der Waals surface area contributed by atoms with E-state index in [0.717, 1.165) is 0 Å². The average Bonchev–Trinajstić information content (AvgIpc) is 2.76. The van der Waals surface area contributed by atoms with E-state index in [1.54, 1.807) is 0 Å². The van der Waals surface area contributed by atoms with Crippen LogP contribution in [0.5, 0.6) is 11.5 Å². The Bertz CT molecular complexity index is 685. The van der Waals surface area contributed by atoms with E-state index in [0.29, 0.717) is 10.0 Å².